The van der Waals surface area contributed by atoms with E-state index in [1.54, 1.807) is 32.4 Å². The number of methoxy groups -OCH3 is 2. The largest absolute Gasteiger partial charge is 1.00 e. The number of ether oxygens (including phenoxy) is 2. The maximum absolute atomic E-state index is 5.52. The maximum Gasteiger partial charge on any atom is 0.162 e. The summed E-state index contributed by atoms with van der Waals surface area (Å²) >= 11 is 0. The van der Waals surface area contributed by atoms with Crippen molar-refractivity contribution < 1.29 is 21.9 Å². The van der Waals surface area contributed by atoms with E-state index in [1.807, 2.05) is 0 Å². The van der Waals surface area contributed by atoms with Gasteiger partial charge >= 0.3 is 0 Å². The van der Waals surface area contributed by atoms with Crippen LogP contribution in [0.1, 0.15) is 0 Å². The van der Waals surface area contributed by atoms with Crippen molar-refractivity contribution in [1.29, 1.82) is 0 Å². The third-order valence-corrected chi connectivity index (χ3v) is 1.41. The molecule has 0 spiro atoms. The second-order valence-electron chi connectivity index (χ2n) is 2.11. The summed E-state index contributed by atoms with van der Waals surface area (Å²) in [7, 11) is 3.17. The second-order valence-corrected chi connectivity index (χ2v) is 2.11. The number of benzene rings is 1. The molecule has 0 heterocycles. The Morgan fingerprint density at radius 1 is 1.08 bits per heavy atom. The lowest BCUT2D eigenvalue weighted by Gasteiger charge is -2.06. The highest BCUT2D eigenvalue weighted by Crippen LogP contribution is 2.28. The molecule has 0 atom stereocenters. The molecule has 0 aliphatic rings. The van der Waals surface area contributed by atoms with Crippen LogP contribution < -0.4 is 27.6 Å². The summed E-state index contributed by atoms with van der Waals surface area (Å²) < 4.78 is 10.0. The molecule has 0 saturated heterocycles. The number of anilines is 1. The Bertz CT molecular complexity index is 253. The van der Waals surface area contributed by atoms with Crippen molar-refractivity contribution in [2.75, 3.05) is 20.0 Å². The zero-order valence-corrected chi connectivity index (χ0v) is 7.76. The fraction of sp³-hybridized carbons (Fsp3) is 0.250. The van der Waals surface area contributed by atoms with Crippen LogP contribution in [0.5, 0.6) is 11.5 Å². The van der Waals surface area contributed by atoms with E-state index in [4.69, 9.17) is 15.2 Å². The van der Waals surface area contributed by atoms with Gasteiger partial charge in [-0.25, -0.2) is 0 Å². The molecule has 1 rings (SSSR count). The smallest absolute Gasteiger partial charge is 0.162 e. The predicted octanol–water partition coefficient (Wildman–Crippen LogP) is -1.71. The molecule has 0 unspecified atom stereocenters. The van der Waals surface area contributed by atoms with Gasteiger partial charge in [0.1, 0.15) is 0 Å². The molecule has 0 amide bonds. The molecule has 0 aliphatic heterocycles. The number of nitrogen functional groups attached to an aromatic ring is 1. The molecule has 0 bridgehead atoms. The molecule has 0 saturated carbocycles. The number of rotatable bonds is 2. The van der Waals surface area contributed by atoms with Gasteiger partial charge in [-0.2, -0.15) is 0 Å². The molecular weight excluding hydrogens is 178 g/mol. The van der Waals surface area contributed by atoms with Crippen LogP contribution >= 0.6 is 0 Å². The van der Waals surface area contributed by atoms with Gasteiger partial charge in [-0.1, -0.05) is 0 Å². The number of hydrogen-bond donors (Lipinski definition) is 1. The molecular formula is C8H11ClNO2-. The first-order chi connectivity index (χ1) is 5.27. The van der Waals surface area contributed by atoms with Gasteiger partial charge in [-0.3, -0.25) is 0 Å². The molecule has 1 aromatic carbocycles. The van der Waals surface area contributed by atoms with Crippen molar-refractivity contribution in [3.05, 3.63) is 18.2 Å². The normalized spacial score (nSPS) is 8.50. The average molecular weight is 189 g/mol. The Balaban J connectivity index is 0.00000121. The molecule has 4 heteroatoms. The van der Waals surface area contributed by atoms with Crippen molar-refractivity contribution in [1.82, 2.24) is 0 Å². The van der Waals surface area contributed by atoms with Crippen molar-refractivity contribution in [2.45, 2.75) is 0 Å². The van der Waals surface area contributed by atoms with E-state index in [0.29, 0.717) is 17.2 Å². The highest BCUT2D eigenvalue weighted by atomic mass is 35.5. The Morgan fingerprint density at radius 3 is 2.17 bits per heavy atom. The minimum atomic E-state index is 0. The lowest BCUT2D eigenvalue weighted by atomic mass is 10.3. The van der Waals surface area contributed by atoms with Gasteiger partial charge in [0.2, 0.25) is 0 Å². The quantitative estimate of drug-likeness (QED) is 0.563. The first-order valence-corrected chi connectivity index (χ1v) is 3.25. The molecule has 3 nitrogen and oxygen atoms in total. The third kappa shape index (κ3) is 2.20. The van der Waals surface area contributed by atoms with E-state index in [1.165, 1.54) is 0 Å². The van der Waals surface area contributed by atoms with Crippen molar-refractivity contribution in [3.8, 4) is 11.5 Å². The first kappa shape index (κ1) is 10.9. The van der Waals surface area contributed by atoms with Gasteiger partial charge in [0.25, 0.3) is 0 Å². The van der Waals surface area contributed by atoms with Crippen LogP contribution in [0, 0.1) is 0 Å². The van der Waals surface area contributed by atoms with Crippen LogP contribution in [0.4, 0.5) is 5.69 Å². The Labute approximate surface area is 77.9 Å². The van der Waals surface area contributed by atoms with Crippen LogP contribution in [-0.2, 0) is 0 Å². The molecule has 2 N–H and O–H groups in total. The number of hydrogen-bond acceptors (Lipinski definition) is 3. The lowest BCUT2D eigenvalue weighted by molar-refractivity contribution is -0.00000286. The SMILES string of the molecule is COc1ccc(N)cc1OC.[Cl-]. The lowest BCUT2D eigenvalue weighted by Crippen LogP contribution is -3.00. The van der Waals surface area contributed by atoms with Crippen LogP contribution in [0.25, 0.3) is 0 Å². The van der Waals surface area contributed by atoms with Gasteiger partial charge in [-0.15, -0.1) is 0 Å². The fourth-order valence-electron chi connectivity index (χ4n) is 0.853. The van der Waals surface area contributed by atoms with E-state index in [9.17, 15) is 0 Å². The van der Waals surface area contributed by atoms with E-state index in [0.717, 1.165) is 0 Å². The summed E-state index contributed by atoms with van der Waals surface area (Å²) in [6, 6.07) is 5.26. The summed E-state index contributed by atoms with van der Waals surface area (Å²) in [6.07, 6.45) is 0. The van der Waals surface area contributed by atoms with Crippen LogP contribution in [0.3, 0.4) is 0 Å². The Kier molecular flexibility index (Phi) is 4.29. The summed E-state index contributed by atoms with van der Waals surface area (Å²) in [5, 5.41) is 0. The first-order valence-electron chi connectivity index (χ1n) is 3.25. The summed E-state index contributed by atoms with van der Waals surface area (Å²) in [6.45, 7) is 0. The zero-order chi connectivity index (χ0) is 8.27. The van der Waals surface area contributed by atoms with Gasteiger partial charge in [0.05, 0.1) is 14.2 Å². The van der Waals surface area contributed by atoms with Gasteiger partial charge in [0.15, 0.2) is 11.5 Å². The third-order valence-electron chi connectivity index (χ3n) is 1.41. The van der Waals surface area contributed by atoms with Crippen molar-refractivity contribution >= 4 is 5.69 Å². The molecule has 0 radical (unpaired) electrons. The topological polar surface area (TPSA) is 44.5 Å². The standard InChI is InChI=1S/C8H11NO2.ClH/c1-10-7-4-3-6(9)5-8(7)11-2;/h3-5H,9H2,1-2H3;1H/p-1. The van der Waals surface area contributed by atoms with Crippen LogP contribution in [-0.4, -0.2) is 14.2 Å². The molecule has 0 fully saturated rings. The highest BCUT2D eigenvalue weighted by molar-refractivity contribution is 5.51. The Morgan fingerprint density at radius 2 is 1.67 bits per heavy atom. The number of nitrogens with two attached hydrogens (primary N) is 1. The fourth-order valence-corrected chi connectivity index (χ4v) is 0.853. The predicted molar refractivity (Wildman–Crippen MR) is 44.0 cm³/mol. The van der Waals surface area contributed by atoms with Gasteiger partial charge < -0.3 is 27.6 Å². The summed E-state index contributed by atoms with van der Waals surface area (Å²) in [4.78, 5) is 0. The monoisotopic (exact) mass is 188 g/mol. The molecule has 12 heavy (non-hydrogen) atoms. The molecule has 1 aromatic rings. The average Bonchev–Trinajstić information content (AvgIpc) is 2.04. The highest BCUT2D eigenvalue weighted by Gasteiger charge is 2.00. The van der Waals surface area contributed by atoms with Gasteiger partial charge in [-0.05, 0) is 12.1 Å². The van der Waals surface area contributed by atoms with E-state index in [2.05, 4.69) is 0 Å². The zero-order valence-electron chi connectivity index (χ0n) is 7.00. The molecule has 0 aromatic heterocycles. The number of halogens is 1. The van der Waals surface area contributed by atoms with Gasteiger partial charge in [0, 0.05) is 11.8 Å². The van der Waals surface area contributed by atoms with Crippen LogP contribution in [0.2, 0.25) is 0 Å². The molecule has 68 valence electrons. The second kappa shape index (κ2) is 4.72. The van der Waals surface area contributed by atoms with E-state index < -0.39 is 0 Å². The minimum absolute atomic E-state index is 0. The summed E-state index contributed by atoms with van der Waals surface area (Å²) in [5.41, 5.74) is 6.19. The summed E-state index contributed by atoms with van der Waals surface area (Å²) in [5.74, 6) is 1.36. The van der Waals surface area contributed by atoms with Crippen molar-refractivity contribution in [3.63, 3.8) is 0 Å². The minimum Gasteiger partial charge on any atom is -1.00 e. The van der Waals surface area contributed by atoms with E-state index in [-0.39, 0.29) is 12.4 Å². The Hall–Kier alpha value is -1.09. The maximum atomic E-state index is 5.52. The van der Waals surface area contributed by atoms with Crippen molar-refractivity contribution in [2.24, 2.45) is 0 Å². The van der Waals surface area contributed by atoms with E-state index >= 15 is 0 Å². The molecule has 0 aliphatic carbocycles. The van der Waals surface area contributed by atoms with Crippen LogP contribution in [0.15, 0.2) is 18.2 Å².